The average Bonchev–Trinajstić information content (AvgIpc) is 3.30. The Morgan fingerprint density at radius 1 is 1.21 bits per heavy atom. The average molecular weight is 394 g/mol. The Kier molecular flexibility index (Phi) is 7.67. The Bertz CT molecular complexity index is 659. The van der Waals surface area contributed by atoms with Gasteiger partial charge in [0.1, 0.15) is 5.76 Å². The highest BCUT2D eigenvalue weighted by atomic mass is 16.5. The molecule has 2 aliphatic carbocycles. The third-order valence-corrected chi connectivity index (χ3v) is 5.35. The van der Waals surface area contributed by atoms with Gasteiger partial charge in [-0.15, -0.1) is 0 Å². The van der Waals surface area contributed by atoms with Gasteiger partial charge < -0.3 is 14.4 Å². The summed E-state index contributed by atoms with van der Waals surface area (Å²) in [4.78, 5) is 20.3. The third kappa shape index (κ3) is 6.95. The zero-order valence-corrected chi connectivity index (χ0v) is 17.9. The number of aryl methyl sites for hydroxylation is 1. The lowest BCUT2D eigenvalue weighted by molar-refractivity contribution is -0.140. The van der Waals surface area contributed by atoms with E-state index in [1.165, 1.54) is 50.5 Å². The highest BCUT2D eigenvalue weighted by Crippen LogP contribution is 2.52. The number of carboxylic acid groups (broad SMARTS) is 1. The standard InChI is InChI=1S/C20H31NO3.C2H4O2/c1-20(2,3)12-13-10-15(11-13)19-18(14-8-9-14)16(24-21-19)6-5-7-17(22)23-4;1-2(3)4/h13-15H,5-12H2,1-4H3;1H3,(H,3,4). The Balaban J connectivity index is 0.000000640. The van der Waals surface area contributed by atoms with Gasteiger partial charge in [-0.3, -0.25) is 9.59 Å². The molecule has 3 rings (SSSR count). The molecule has 0 aromatic carbocycles. The van der Waals surface area contributed by atoms with E-state index in [0.29, 0.717) is 23.7 Å². The number of hydrogen-bond donors (Lipinski definition) is 1. The molecule has 0 atom stereocenters. The van der Waals surface area contributed by atoms with Gasteiger partial charge in [0, 0.05) is 31.2 Å². The molecule has 1 aromatic rings. The van der Waals surface area contributed by atoms with Crippen molar-refractivity contribution < 1.29 is 24.0 Å². The Labute approximate surface area is 168 Å². The van der Waals surface area contributed by atoms with Gasteiger partial charge in [-0.05, 0) is 55.8 Å². The quantitative estimate of drug-likeness (QED) is 0.651. The maximum Gasteiger partial charge on any atom is 0.305 e. The summed E-state index contributed by atoms with van der Waals surface area (Å²) in [6.45, 7) is 8.06. The van der Waals surface area contributed by atoms with Crippen LogP contribution >= 0.6 is 0 Å². The Morgan fingerprint density at radius 3 is 2.32 bits per heavy atom. The van der Waals surface area contributed by atoms with Crippen molar-refractivity contribution in [2.24, 2.45) is 11.3 Å². The van der Waals surface area contributed by atoms with E-state index in [9.17, 15) is 4.79 Å². The van der Waals surface area contributed by atoms with Crippen LogP contribution in [0, 0.1) is 11.3 Å². The van der Waals surface area contributed by atoms with Crippen LogP contribution in [0.1, 0.15) is 101 Å². The summed E-state index contributed by atoms with van der Waals surface area (Å²) < 4.78 is 10.4. The SMILES string of the molecule is CC(=O)O.COC(=O)CCCc1onc(C2CC(CC(C)(C)C)C2)c1C1CC1. The zero-order chi connectivity index (χ0) is 20.9. The number of aromatic nitrogens is 1. The van der Waals surface area contributed by atoms with Crippen LogP contribution in [0.15, 0.2) is 4.52 Å². The van der Waals surface area contributed by atoms with Crippen molar-refractivity contribution >= 4 is 11.9 Å². The number of rotatable bonds is 7. The molecule has 2 aliphatic rings. The summed E-state index contributed by atoms with van der Waals surface area (Å²) in [5, 5.41) is 11.9. The van der Waals surface area contributed by atoms with Gasteiger partial charge in [0.25, 0.3) is 5.97 Å². The fraction of sp³-hybridized carbons (Fsp3) is 0.773. The number of carboxylic acids is 1. The van der Waals surface area contributed by atoms with Gasteiger partial charge in [-0.25, -0.2) is 0 Å². The van der Waals surface area contributed by atoms with E-state index in [2.05, 4.69) is 25.9 Å². The number of carbonyl (C=O) groups excluding carboxylic acids is 1. The van der Waals surface area contributed by atoms with Crippen molar-refractivity contribution in [1.29, 1.82) is 0 Å². The molecule has 0 spiro atoms. The summed E-state index contributed by atoms with van der Waals surface area (Å²) in [5.41, 5.74) is 3.03. The minimum absolute atomic E-state index is 0.147. The minimum Gasteiger partial charge on any atom is -0.481 e. The lowest BCUT2D eigenvalue weighted by atomic mass is 9.66. The Hall–Kier alpha value is -1.85. The van der Waals surface area contributed by atoms with Gasteiger partial charge in [-0.2, -0.15) is 0 Å². The maximum absolute atomic E-state index is 11.3. The number of carbonyl (C=O) groups is 2. The van der Waals surface area contributed by atoms with Crippen molar-refractivity contribution in [2.45, 2.75) is 90.9 Å². The van der Waals surface area contributed by atoms with E-state index in [1.807, 2.05) is 0 Å². The van der Waals surface area contributed by atoms with Crippen LogP contribution in [0.2, 0.25) is 0 Å². The van der Waals surface area contributed by atoms with E-state index in [1.54, 1.807) is 0 Å². The zero-order valence-electron chi connectivity index (χ0n) is 17.9. The topological polar surface area (TPSA) is 89.6 Å². The highest BCUT2D eigenvalue weighted by Gasteiger charge is 2.40. The van der Waals surface area contributed by atoms with E-state index in [-0.39, 0.29) is 5.97 Å². The van der Waals surface area contributed by atoms with Gasteiger partial charge in [-0.1, -0.05) is 25.9 Å². The van der Waals surface area contributed by atoms with E-state index < -0.39 is 5.97 Å². The van der Waals surface area contributed by atoms with Crippen molar-refractivity contribution in [1.82, 2.24) is 5.16 Å². The molecular weight excluding hydrogens is 358 g/mol. The number of hydrogen-bond acceptors (Lipinski definition) is 5. The lowest BCUT2D eigenvalue weighted by Crippen LogP contribution is -2.27. The molecule has 0 amide bonds. The number of methoxy groups -OCH3 is 1. The monoisotopic (exact) mass is 393 g/mol. The lowest BCUT2D eigenvalue weighted by Gasteiger charge is -2.38. The van der Waals surface area contributed by atoms with E-state index in [0.717, 1.165) is 31.4 Å². The molecular formula is C22H35NO5. The highest BCUT2D eigenvalue weighted by molar-refractivity contribution is 5.69. The molecule has 6 heteroatoms. The molecule has 0 saturated heterocycles. The molecule has 0 aliphatic heterocycles. The normalized spacial score (nSPS) is 21.3. The first kappa shape index (κ1) is 22.4. The first-order chi connectivity index (χ1) is 13.1. The van der Waals surface area contributed by atoms with Crippen LogP contribution in [-0.2, 0) is 20.7 Å². The summed E-state index contributed by atoms with van der Waals surface area (Å²) in [5.74, 6) is 2.12. The molecule has 2 saturated carbocycles. The number of ether oxygens (including phenoxy) is 1. The second-order valence-electron chi connectivity index (χ2n) is 9.43. The molecule has 158 valence electrons. The summed E-state index contributed by atoms with van der Waals surface area (Å²) in [6.07, 6.45) is 8.35. The van der Waals surface area contributed by atoms with Crippen LogP contribution in [-0.4, -0.2) is 29.3 Å². The van der Waals surface area contributed by atoms with Crippen LogP contribution < -0.4 is 0 Å². The molecule has 1 heterocycles. The van der Waals surface area contributed by atoms with Crippen molar-refractivity contribution in [3.05, 3.63) is 17.0 Å². The van der Waals surface area contributed by atoms with Crippen LogP contribution in [0.5, 0.6) is 0 Å². The van der Waals surface area contributed by atoms with Crippen LogP contribution in [0.25, 0.3) is 0 Å². The van der Waals surface area contributed by atoms with Gasteiger partial charge in [0.2, 0.25) is 0 Å². The van der Waals surface area contributed by atoms with Gasteiger partial charge in [0.15, 0.2) is 0 Å². The molecule has 0 unspecified atom stereocenters. The van der Waals surface area contributed by atoms with Crippen molar-refractivity contribution in [2.75, 3.05) is 7.11 Å². The second-order valence-corrected chi connectivity index (χ2v) is 9.43. The summed E-state index contributed by atoms with van der Waals surface area (Å²) in [7, 11) is 1.44. The van der Waals surface area contributed by atoms with Gasteiger partial charge >= 0.3 is 5.97 Å². The fourth-order valence-electron chi connectivity index (χ4n) is 4.12. The predicted molar refractivity (Wildman–Crippen MR) is 106 cm³/mol. The van der Waals surface area contributed by atoms with Crippen molar-refractivity contribution in [3.8, 4) is 0 Å². The summed E-state index contributed by atoms with van der Waals surface area (Å²) in [6, 6.07) is 0. The maximum atomic E-state index is 11.3. The largest absolute Gasteiger partial charge is 0.481 e. The molecule has 1 N–H and O–H groups in total. The first-order valence-electron chi connectivity index (χ1n) is 10.4. The third-order valence-electron chi connectivity index (χ3n) is 5.35. The molecule has 0 bridgehead atoms. The van der Waals surface area contributed by atoms with Crippen LogP contribution in [0.4, 0.5) is 0 Å². The first-order valence-corrected chi connectivity index (χ1v) is 10.4. The van der Waals surface area contributed by atoms with E-state index >= 15 is 0 Å². The summed E-state index contributed by atoms with van der Waals surface area (Å²) >= 11 is 0. The number of esters is 1. The molecule has 28 heavy (non-hydrogen) atoms. The Morgan fingerprint density at radius 2 is 1.82 bits per heavy atom. The fourth-order valence-corrected chi connectivity index (χ4v) is 4.12. The minimum atomic E-state index is -0.833. The second kappa shape index (κ2) is 9.57. The molecule has 1 aromatic heterocycles. The predicted octanol–water partition coefficient (Wildman–Crippen LogP) is 5.07. The smallest absolute Gasteiger partial charge is 0.305 e. The molecule has 6 nitrogen and oxygen atoms in total. The van der Waals surface area contributed by atoms with Crippen LogP contribution in [0.3, 0.4) is 0 Å². The van der Waals surface area contributed by atoms with E-state index in [4.69, 9.17) is 19.2 Å². The van der Waals surface area contributed by atoms with Crippen molar-refractivity contribution in [3.63, 3.8) is 0 Å². The number of aliphatic carboxylic acids is 1. The number of nitrogens with zero attached hydrogens (tertiary/aromatic N) is 1. The molecule has 2 fully saturated rings. The molecule has 0 radical (unpaired) electrons. The van der Waals surface area contributed by atoms with Gasteiger partial charge in [0.05, 0.1) is 12.8 Å².